The number of ether oxygens (including phenoxy) is 2. The molecule has 1 aromatic heterocycles. The summed E-state index contributed by atoms with van der Waals surface area (Å²) in [5.41, 5.74) is 1.27. The Balaban J connectivity index is 1.14. The van der Waals surface area contributed by atoms with E-state index >= 15 is 0 Å². The number of fused-ring (bicyclic) bond motifs is 1. The highest BCUT2D eigenvalue weighted by Gasteiger charge is 2.42. The molecule has 5 nitrogen and oxygen atoms in total. The number of benzene rings is 1. The predicted octanol–water partition coefficient (Wildman–Crippen LogP) is 4.45. The van der Waals surface area contributed by atoms with Gasteiger partial charge in [0.05, 0.1) is 0 Å². The van der Waals surface area contributed by atoms with Crippen molar-refractivity contribution >= 4 is 11.6 Å². The highest BCUT2D eigenvalue weighted by molar-refractivity contribution is 6.33. The molecule has 0 bridgehead atoms. The van der Waals surface area contributed by atoms with Crippen molar-refractivity contribution < 1.29 is 13.9 Å². The molecular weight excluding hydrogens is 405 g/mol. The van der Waals surface area contributed by atoms with Gasteiger partial charge in [0.1, 0.15) is 11.9 Å². The molecular formula is C23H27ClFN3O2. The Morgan fingerprint density at radius 1 is 1.10 bits per heavy atom. The van der Waals surface area contributed by atoms with Crippen molar-refractivity contribution in [2.24, 2.45) is 17.8 Å². The number of nitrogens with zero attached hydrogens (tertiary/aromatic N) is 3. The van der Waals surface area contributed by atoms with Gasteiger partial charge in [0.25, 0.3) is 0 Å². The van der Waals surface area contributed by atoms with Crippen molar-refractivity contribution in [3.8, 4) is 17.1 Å². The third kappa shape index (κ3) is 4.46. The molecule has 0 radical (unpaired) electrons. The Hall–Kier alpha value is -1.76. The molecule has 3 atom stereocenters. The van der Waals surface area contributed by atoms with Gasteiger partial charge in [0, 0.05) is 61.4 Å². The Bertz CT molecular complexity index is 861. The van der Waals surface area contributed by atoms with Crippen molar-refractivity contribution in [3.63, 3.8) is 0 Å². The van der Waals surface area contributed by atoms with Crippen molar-refractivity contribution in [1.82, 2.24) is 14.9 Å². The van der Waals surface area contributed by atoms with Gasteiger partial charge in [0.2, 0.25) is 0 Å². The first kappa shape index (κ1) is 20.2. The smallest absolute Gasteiger partial charge is 0.316 e. The van der Waals surface area contributed by atoms with Crippen molar-refractivity contribution in [2.45, 2.75) is 31.8 Å². The minimum atomic E-state index is -0.335. The van der Waals surface area contributed by atoms with Crippen LogP contribution in [0.25, 0.3) is 11.1 Å². The maximum atomic E-state index is 13.5. The normalized spacial score (nSPS) is 27.3. The molecule has 3 aliphatic rings. The van der Waals surface area contributed by atoms with Crippen LogP contribution in [0.2, 0.25) is 5.02 Å². The van der Waals surface area contributed by atoms with E-state index in [-0.39, 0.29) is 11.9 Å². The standard InChI is InChI=1S/C23H27ClFN3O2/c24-22-2-1-19(25)9-21(22)18-10-26-23(27-11-18)30-20-7-16-13-28(14-17(16)8-20)12-15-3-5-29-6-4-15/h1-2,9-11,15-17,20H,3-8,12-14H2/t16-,17+,20+. The first-order chi connectivity index (χ1) is 14.6. The lowest BCUT2D eigenvalue weighted by atomic mass is 10.00. The molecule has 0 unspecified atom stereocenters. The highest BCUT2D eigenvalue weighted by Crippen LogP contribution is 2.40. The molecule has 0 amide bonds. The molecule has 30 heavy (non-hydrogen) atoms. The number of aromatic nitrogens is 2. The van der Waals surface area contributed by atoms with Gasteiger partial charge in [-0.1, -0.05) is 11.6 Å². The molecule has 7 heteroatoms. The first-order valence-electron chi connectivity index (χ1n) is 10.9. The summed E-state index contributed by atoms with van der Waals surface area (Å²) >= 11 is 6.17. The third-order valence-corrected chi connectivity index (χ3v) is 7.11. The Labute approximate surface area is 181 Å². The van der Waals surface area contributed by atoms with Crippen LogP contribution < -0.4 is 4.74 Å². The molecule has 0 spiro atoms. The first-order valence-corrected chi connectivity index (χ1v) is 11.3. The van der Waals surface area contributed by atoms with Crippen LogP contribution in [-0.4, -0.2) is 53.8 Å². The van der Waals surface area contributed by atoms with Gasteiger partial charge in [-0.3, -0.25) is 0 Å². The van der Waals surface area contributed by atoms with E-state index in [0.29, 0.717) is 34.0 Å². The minimum Gasteiger partial charge on any atom is -0.460 e. The molecule has 3 fully saturated rings. The summed E-state index contributed by atoms with van der Waals surface area (Å²) < 4.78 is 25.1. The highest BCUT2D eigenvalue weighted by atomic mass is 35.5. The van der Waals surface area contributed by atoms with Crippen LogP contribution in [0.15, 0.2) is 30.6 Å². The van der Waals surface area contributed by atoms with Gasteiger partial charge in [-0.25, -0.2) is 14.4 Å². The molecule has 5 rings (SSSR count). The van der Waals surface area contributed by atoms with Crippen LogP contribution in [-0.2, 0) is 4.74 Å². The van der Waals surface area contributed by atoms with Gasteiger partial charge in [-0.05, 0) is 61.6 Å². The van der Waals surface area contributed by atoms with Crippen molar-refractivity contribution in [3.05, 3.63) is 41.4 Å². The van der Waals surface area contributed by atoms with Crippen LogP contribution in [0.4, 0.5) is 4.39 Å². The number of rotatable bonds is 5. The second-order valence-corrected chi connectivity index (χ2v) is 9.29. The molecule has 1 aromatic carbocycles. The lowest BCUT2D eigenvalue weighted by Crippen LogP contribution is -2.32. The number of hydrogen-bond donors (Lipinski definition) is 0. The molecule has 160 valence electrons. The molecule has 0 N–H and O–H groups in total. The van der Waals surface area contributed by atoms with E-state index < -0.39 is 0 Å². The third-order valence-electron chi connectivity index (χ3n) is 6.78. The zero-order valence-electron chi connectivity index (χ0n) is 17.0. The molecule has 2 aliphatic heterocycles. The average molecular weight is 432 g/mol. The Morgan fingerprint density at radius 2 is 1.80 bits per heavy atom. The monoisotopic (exact) mass is 431 g/mol. The van der Waals surface area contributed by atoms with E-state index in [1.165, 1.54) is 44.6 Å². The van der Waals surface area contributed by atoms with Crippen LogP contribution in [0, 0.1) is 23.6 Å². The number of hydrogen-bond acceptors (Lipinski definition) is 5. The minimum absolute atomic E-state index is 0.175. The topological polar surface area (TPSA) is 47.5 Å². The summed E-state index contributed by atoms with van der Waals surface area (Å²) in [6.45, 7) is 5.42. The van der Waals surface area contributed by atoms with Crippen LogP contribution in [0.3, 0.4) is 0 Å². The van der Waals surface area contributed by atoms with Crippen molar-refractivity contribution in [1.29, 1.82) is 0 Å². The van der Waals surface area contributed by atoms with Crippen LogP contribution >= 0.6 is 11.6 Å². The quantitative estimate of drug-likeness (QED) is 0.699. The average Bonchev–Trinajstić information content (AvgIpc) is 3.29. The summed E-state index contributed by atoms with van der Waals surface area (Å²) in [4.78, 5) is 11.3. The van der Waals surface area contributed by atoms with E-state index in [9.17, 15) is 4.39 Å². The van der Waals surface area contributed by atoms with E-state index in [1.54, 1.807) is 18.5 Å². The zero-order valence-corrected chi connectivity index (χ0v) is 17.7. The maximum absolute atomic E-state index is 13.5. The van der Waals surface area contributed by atoms with E-state index in [1.807, 2.05) is 0 Å². The summed E-state index contributed by atoms with van der Waals surface area (Å²) in [7, 11) is 0. The van der Waals surface area contributed by atoms with Crippen LogP contribution in [0.5, 0.6) is 6.01 Å². The largest absolute Gasteiger partial charge is 0.460 e. The SMILES string of the molecule is Fc1ccc(Cl)c(-c2cnc(O[C@H]3C[C@@H]4CN(CC5CCOCC5)C[C@@H]4C3)nc2)c1. The summed E-state index contributed by atoms with van der Waals surface area (Å²) in [6.07, 6.45) is 8.00. The van der Waals surface area contributed by atoms with Gasteiger partial charge >= 0.3 is 6.01 Å². The van der Waals surface area contributed by atoms with Gasteiger partial charge in [0.15, 0.2) is 0 Å². The molecule has 2 aromatic rings. The molecule has 1 saturated carbocycles. The fourth-order valence-electron chi connectivity index (χ4n) is 5.26. The fraction of sp³-hybridized carbons (Fsp3) is 0.565. The summed E-state index contributed by atoms with van der Waals surface area (Å²) in [6, 6.07) is 4.66. The lowest BCUT2D eigenvalue weighted by molar-refractivity contribution is 0.0539. The van der Waals surface area contributed by atoms with Gasteiger partial charge in [-0.2, -0.15) is 0 Å². The molecule has 3 heterocycles. The zero-order chi connectivity index (χ0) is 20.5. The number of likely N-dealkylation sites (tertiary alicyclic amines) is 1. The van der Waals surface area contributed by atoms with Crippen molar-refractivity contribution in [2.75, 3.05) is 32.8 Å². The summed E-state index contributed by atoms with van der Waals surface area (Å²) in [5.74, 6) is 1.88. The second kappa shape index (κ2) is 8.77. The van der Waals surface area contributed by atoms with Crippen LogP contribution in [0.1, 0.15) is 25.7 Å². The Kier molecular flexibility index (Phi) is 5.89. The molecule has 2 saturated heterocycles. The van der Waals surface area contributed by atoms with E-state index in [2.05, 4.69) is 14.9 Å². The summed E-state index contributed by atoms with van der Waals surface area (Å²) in [5, 5.41) is 0.475. The fourth-order valence-corrected chi connectivity index (χ4v) is 5.49. The van der Waals surface area contributed by atoms with E-state index in [0.717, 1.165) is 32.0 Å². The molecule has 1 aliphatic carbocycles. The van der Waals surface area contributed by atoms with Gasteiger partial charge < -0.3 is 14.4 Å². The maximum Gasteiger partial charge on any atom is 0.316 e. The Morgan fingerprint density at radius 3 is 2.50 bits per heavy atom. The predicted molar refractivity (Wildman–Crippen MR) is 113 cm³/mol. The number of halogens is 2. The van der Waals surface area contributed by atoms with Gasteiger partial charge in [-0.15, -0.1) is 0 Å². The van der Waals surface area contributed by atoms with E-state index in [4.69, 9.17) is 21.1 Å². The second-order valence-electron chi connectivity index (χ2n) is 8.88. The lowest BCUT2D eigenvalue weighted by Gasteiger charge is -2.27.